The van der Waals surface area contributed by atoms with Gasteiger partial charge in [-0.3, -0.25) is 0 Å². The Bertz CT molecular complexity index is 541. The monoisotopic (exact) mass is 371 g/mol. The lowest BCUT2D eigenvalue weighted by atomic mass is 9.94. The molecule has 0 aliphatic carbocycles. The van der Waals surface area contributed by atoms with E-state index in [1.165, 1.54) is 14.2 Å². The maximum atomic E-state index is 6.37. The number of thiophene rings is 1. The highest BCUT2D eigenvalue weighted by atomic mass is 79.9. The van der Waals surface area contributed by atoms with Crippen molar-refractivity contribution in [2.45, 2.75) is 25.7 Å². The third-order valence-electron chi connectivity index (χ3n) is 3.24. The van der Waals surface area contributed by atoms with Gasteiger partial charge in [0.25, 0.3) is 0 Å². The normalized spacial score (nSPS) is 12.6. The minimum absolute atomic E-state index is 0.417. The van der Waals surface area contributed by atoms with Crippen molar-refractivity contribution in [2.75, 3.05) is 13.1 Å². The van der Waals surface area contributed by atoms with Gasteiger partial charge >= 0.3 is 0 Å². The van der Waals surface area contributed by atoms with Crippen LogP contribution in [0.5, 0.6) is 0 Å². The Hall–Kier alpha value is -0.350. The number of nitrogens with one attached hydrogen (secondary N) is 1. The van der Waals surface area contributed by atoms with Crippen LogP contribution in [0.25, 0.3) is 0 Å². The lowest BCUT2D eigenvalue weighted by Gasteiger charge is -2.18. The van der Waals surface area contributed by atoms with E-state index in [0.717, 1.165) is 31.0 Å². The van der Waals surface area contributed by atoms with Crippen molar-refractivity contribution < 1.29 is 0 Å². The second kappa shape index (κ2) is 8.18. The van der Waals surface area contributed by atoms with Crippen LogP contribution in [0.15, 0.2) is 40.2 Å². The average Bonchev–Trinajstić information content (AvgIpc) is 2.84. The first kappa shape index (κ1) is 16.0. The third kappa shape index (κ3) is 4.59. The number of benzene rings is 1. The van der Waals surface area contributed by atoms with Gasteiger partial charge in [-0.05, 0) is 59.1 Å². The molecule has 0 saturated carbocycles. The van der Waals surface area contributed by atoms with Gasteiger partial charge in [0.1, 0.15) is 0 Å². The molecule has 1 aromatic heterocycles. The zero-order valence-electron chi connectivity index (χ0n) is 11.5. The lowest BCUT2D eigenvalue weighted by molar-refractivity contribution is 0.579. The van der Waals surface area contributed by atoms with Crippen LogP contribution in [0.1, 0.15) is 29.7 Å². The summed E-state index contributed by atoms with van der Waals surface area (Å²) >= 11 is 11.7. The molecule has 1 heterocycles. The molecule has 0 saturated heterocycles. The summed E-state index contributed by atoms with van der Waals surface area (Å²) < 4.78 is 1.19. The molecule has 0 amide bonds. The van der Waals surface area contributed by atoms with Crippen molar-refractivity contribution in [3.8, 4) is 0 Å². The fraction of sp³-hybridized carbons (Fsp3) is 0.375. The zero-order valence-corrected chi connectivity index (χ0v) is 14.7. The van der Waals surface area contributed by atoms with Crippen molar-refractivity contribution in [1.82, 2.24) is 5.32 Å². The van der Waals surface area contributed by atoms with Crippen LogP contribution in [0, 0.1) is 0 Å². The van der Waals surface area contributed by atoms with E-state index >= 15 is 0 Å². The van der Waals surface area contributed by atoms with Crippen LogP contribution in [-0.2, 0) is 6.42 Å². The molecule has 4 heteroatoms. The fourth-order valence-electron chi connectivity index (χ4n) is 2.26. The molecule has 108 valence electrons. The van der Waals surface area contributed by atoms with Crippen LogP contribution in [-0.4, -0.2) is 13.1 Å². The molecule has 1 nitrogen and oxygen atoms in total. The molecular formula is C16H19BrClNS. The molecule has 1 atom stereocenters. The van der Waals surface area contributed by atoms with Crippen LogP contribution >= 0.6 is 38.9 Å². The SMILES string of the molecule is CCCNCC(Cc1ccc(Br)s1)c1ccccc1Cl. The van der Waals surface area contributed by atoms with E-state index in [0.29, 0.717) is 5.92 Å². The van der Waals surface area contributed by atoms with Gasteiger partial charge in [0.15, 0.2) is 0 Å². The van der Waals surface area contributed by atoms with E-state index in [2.05, 4.69) is 52.4 Å². The summed E-state index contributed by atoms with van der Waals surface area (Å²) in [6.45, 7) is 4.20. The molecule has 1 unspecified atom stereocenters. The van der Waals surface area contributed by atoms with Gasteiger partial charge in [0, 0.05) is 22.4 Å². The van der Waals surface area contributed by atoms with E-state index < -0.39 is 0 Å². The molecule has 1 N–H and O–H groups in total. The summed E-state index contributed by atoms with van der Waals surface area (Å²) in [6.07, 6.45) is 2.18. The van der Waals surface area contributed by atoms with Crippen molar-refractivity contribution in [2.24, 2.45) is 0 Å². The molecule has 2 rings (SSSR count). The summed E-state index contributed by atoms with van der Waals surface area (Å²) in [4.78, 5) is 1.39. The van der Waals surface area contributed by atoms with Crippen molar-refractivity contribution in [1.29, 1.82) is 0 Å². The topological polar surface area (TPSA) is 12.0 Å². The van der Waals surface area contributed by atoms with E-state index in [1.807, 2.05) is 12.1 Å². The second-order valence-electron chi connectivity index (χ2n) is 4.83. The van der Waals surface area contributed by atoms with Gasteiger partial charge in [0.05, 0.1) is 3.79 Å². The highest BCUT2D eigenvalue weighted by molar-refractivity contribution is 9.11. The molecule has 0 aliphatic rings. The average molecular weight is 373 g/mol. The number of rotatable bonds is 7. The summed E-state index contributed by atoms with van der Waals surface area (Å²) in [7, 11) is 0. The molecule has 0 fully saturated rings. The van der Waals surface area contributed by atoms with E-state index in [4.69, 9.17) is 11.6 Å². The molecule has 0 bridgehead atoms. The van der Waals surface area contributed by atoms with Crippen LogP contribution < -0.4 is 5.32 Å². The van der Waals surface area contributed by atoms with Crippen molar-refractivity contribution in [3.63, 3.8) is 0 Å². The predicted molar refractivity (Wildman–Crippen MR) is 93.1 cm³/mol. The number of hydrogen-bond donors (Lipinski definition) is 1. The van der Waals surface area contributed by atoms with Gasteiger partial charge in [-0.2, -0.15) is 0 Å². The summed E-state index contributed by atoms with van der Waals surface area (Å²) in [5.41, 5.74) is 1.24. The minimum atomic E-state index is 0.417. The van der Waals surface area contributed by atoms with Gasteiger partial charge in [-0.25, -0.2) is 0 Å². The second-order valence-corrected chi connectivity index (χ2v) is 7.79. The molecule has 0 spiro atoms. The van der Waals surface area contributed by atoms with Gasteiger partial charge in [0.2, 0.25) is 0 Å². The first-order valence-corrected chi connectivity index (χ1v) is 8.88. The Morgan fingerprint density at radius 1 is 1.25 bits per heavy atom. The fourth-order valence-corrected chi connectivity index (χ4v) is 4.11. The van der Waals surface area contributed by atoms with Crippen molar-refractivity contribution in [3.05, 3.63) is 55.6 Å². The first-order chi connectivity index (χ1) is 9.70. The lowest BCUT2D eigenvalue weighted by Crippen LogP contribution is -2.23. The van der Waals surface area contributed by atoms with Crippen LogP contribution in [0.4, 0.5) is 0 Å². The quantitative estimate of drug-likeness (QED) is 0.634. The Kier molecular flexibility index (Phi) is 6.56. The Morgan fingerprint density at radius 2 is 2.05 bits per heavy atom. The molecule has 0 aliphatic heterocycles. The maximum absolute atomic E-state index is 6.37. The minimum Gasteiger partial charge on any atom is -0.316 e. The number of halogens is 2. The molecule has 1 aromatic carbocycles. The molecular weight excluding hydrogens is 354 g/mol. The summed E-state index contributed by atoms with van der Waals surface area (Å²) in [5, 5.41) is 4.39. The molecule has 0 radical (unpaired) electrons. The van der Waals surface area contributed by atoms with Gasteiger partial charge < -0.3 is 5.32 Å². The smallest absolute Gasteiger partial charge is 0.0701 e. The zero-order chi connectivity index (χ0) is 14.4. The third-order valence-corrected chi connectivity index (χ3v) is 5.23. The van der Waals surface area contributed by atoms with Crippen LogP contribution in [0.3, 0.4) is 0 Å². The first-order valence-electron chi connectivity index (χ1n) is 6.90. The highest BCUT2D eigenvalue weighted by Crippen LogP contribution is 2.31. The predicted octanol–water partition coefficient (Wildman–Crippen LogP) is 5.49. The van der Waals surface area contributed by atoms with Crippen molar-refractivity contribution >= 4 is 38.9 Å². The van der Waals surface area contributed by atoms with Gasteiger partial charge in [-0.1, -0.05) is 36.7 Å². The molecule has 2 aromatic rings. The molecule has 20 heavy (non-hydrogen) atoms. The largest absolute Gasteiger partial charge is 0.316 e. The van der Waals surface area contributed by atoms with E-state index in [-0.39, 0.29) is 0 Å². The van der Waals surface area contributed by atoms with E-state index in [9.17, 15) is 0 Å². The summed E-state index contributed by atoms with van der Waals surface area (Å²) in [5.74, 6) is 0.417. The maximum Gasteiger partial charge on any atom is 0.0701 e. The Balaban J connectivity index is 2.13. The standard InChI is InChI=1S/C16H19BrClNS/c1-2-9-19-11-12(10-13-7-8-16(17)20-13)14-5-3-4-6-15(14)18/h3-8,12,19H,2,9-11H2,1H3. The van der Waals surface area contributed by atoms with E-state index in [1.54, 1.807) is 11.3 Å². The summed E-state index contributed by atoms with van der Waals surface area (Å²) in [6, 6.07) is 12.5. The Labute approximate surface area is 138 Å². The van der Waals surface area contributed by atoms with Crippen LogP contribution in [0.2, 0.25) is 5.02 Å². The number of hydrogen-bond acceptors (Lipinski definition) is 2. The highest BCUT2D eigenvalue weighted by Gasteiger charge is 2.16. The van der Waals surface area contributed by atoms with Gasteiger partial charge in [-0.15, -0.1) is 11.3 Å². The Morgan fingerprint density at radius 3 is 2.70 bits per heavy atom.